The van der Waals surface area contributed by atoms with E-state index < -0.39 is 0 Å². The molecule has 2 aromatic carbocycles. The Morgan fingerprint density at radius 3 is 2.45 bits per heavy atom. The minimum absolute atomic E-state index is 0.251. The second-order valence-corrected chi connectivity index (χ2v) is 11.4. The summed E-state index contributed by atoms with van der Waals surface area (Å²) >= 11 is 0. The van der Waals surface area contributed by atoms with Crippen LogP contribution < -0.4 is 29.7 Å². The molecular weight excluding hydrogens is 560 g/mol. The summed E-state index contributed by atoms with van der Waals surface area (Å²) < 4.78 is 17.4. The van der Waals surface area contributed by atoms with Crippen LogP contribution in [0.4, 0.5) is 17.5 Å². The zero-order valence-corrected chi connectivity index (χ0v) is 26.6. The van der Waals surface area contributed by atoms with E-state index >= 15 is 0 Å². The number of hydrogen-bond acceptors (Lipinski definition) is 12. The Morgan fingerprint density at radius 2 is 1.77 bits per heavy atom. The maximum Gasteiger partial charge on any atom is 0.225 e. The molecule has 0 unspecified atom stereocenters. The molecule has 3 heterocycles. The lowest BCUT2D eigenvalue weighted by atomic mass is 10.0. The number of ether oxygens (including phenoxy) is 3. The molecule has 13 nitrogen and oxygen atoms in total. The molecule has 1 fully saturated rings. The number of benzene rings is 2. The summed E-state index contributed by atoms with van der Waals surface area (Å²) in [5.74, 6) is 3.46. The Bertz CT molecular complexity index is 1500. The molecule has 3 N–H and O–H groups in total. The molecule has 5 rings (SSSR count). The first-order chi connectivity index (χ1) is 21.3. The third-order valence-corrected chi connectivity index (χ3v) is 7.79. The number of H-pyrrole nitrogens is 1. The van der Waals surface area contributed by atoms with Gasteiger partial charge >= 0.3 is 0 Å². The zero-order chi connectivity index (χ0) is 31.1. The molecular formula is C31H44N10O3. The third kappa shape index (κ3) is 7.58. The van der Waals surface area contributed by atoms with Crippen molar-refractivity contribution in [3.63, 3.8) is 0 Å². The topological polar surface area (TPSA) is 129 Å². The minimum Gasteiger partial charge on any atom is -0.493 e. The molecule has 0 spiro atoms. The average Bonchev–Trinajstić information content (AvgIpc) is 3.54. The second-order valence-electron chi connectivity index (χ2n) is 11.4. The summed E-state index contributed by atoms with van der Waals surface area (Å²) in [6.07, 6.45) is 3.62. The number of piperidine rings is 1. The Kier molecular flexibility index (Phi) is 10.2. The van der Waals surface area contributed by atoms with E-state index in [1.807, 2.05) is 12.1 Å². The van der Waals surface area contributed by atoms with E-state index in [9.17, 15) is 0 Å². The quantitative estimate of drug-likeness (QED) is 0.195. The molecule has 0 radical (unpaired) electrons. The van der Waals surface area contributed by atoms with Crippen molar-refractivity contribution < 1.29 is 14.2 Å². The Hall–Kier alpha value is -4.36. The molecule has 236 valence electrons. The van der Waals surface area contributed by atoms with Crippen LogP contribution in [0.25, 0.3) is 10.9 Å². The van der Waals surface area contributed by atoms with Gasteiger partial charge in [-0.2, -0.15) is 20.4 Å². The maximum absolute atomic E-state index is 6.26. The summed E-state index contributed by atoms with van der Waals surface area (Å²) in [6.45, 7) is 4.71. The molecule has 44 heavy (non-hydrogen) atoms. The fourth-order valence-electron chi connectivity index (χ4n) is 5.38. The predicted octanol–water partition coefficient (Wildman–Crippen LogP) is 3.46. The highest BCUT2D eigenvalue weighted by molar-refractivity contribution is 5.92. The van der Waals surface area contributed by atoms with Gasteiger partial charge in [0.15, 0.2) is 11.5 Å². The molecule has 4 aromatic rings. The minimum atomic E-state index is 0.251. The van der Waals surface area contributed by atoms with Gasteiger partial charge in [0.1, 0.15) is 23.9 Å². The van der Waals surface area contributed by atoms with Gasteiger partial charge in [-0.25, -0.2) is 4.98 Å². The summed E-state index contributed by atoms with van der Waals surface area (Å²) in [6, 6.07) is 10.4. The fourth-order valence-corrected chi connectivity index (χ4v) is 5.38. The van der Waals surface area contributed by atoms with E-state index in [1.54, 1.807) is 20.4 Å². The number of likely N-dealkylation sites (tertiary alicyclic amines) is 1. The molecule has 2 aromatic heterocycles. The third-order valence-electron chi connectivity index (χ3n) is 7.79. The van der Waals surface area contributed by atoms with Crippen LogP contribution in [-0.4, -0.2) is 110 Å². The largest absolute Gasteiger partial charge is 0.493 e. The number of likely N-dealkylation sites (N-methyl/N-ethyl adjacent to an activating group) is 1. The van der Waals surface area contributed by atoms with Crippen LogP contribution in [0.2, 0.25) is 0 Å². The number of rotatable bonds is 14. The van der Waals surface area contributed by atoms with Crippen molar-refractivity contribution in [1.82, 2.24) is 35.2 Å². The average molecular weight is 605 g/mol. The number of nitrogens with zero attached hydrogens (tertiary/aromatic N) is 7. The summed E-state index contributed by atoms with van der Waals surface area (Å²) in [7, 11) is 11.6. The molecule has 0 amide bonds. The van der Waals surface area contributed by atoms with Crippen molar-refractivity contribution in [3.05, 3.63) is 47.8 Å². The molecule has 13 heteroatoms. The van der Waals surface area contributed by atoms with Crippen molar-refractivity contribution in [1.29, 1.82) is 0 Å². The molecule has 1 saturated heterocycles. The SMILES string of the molecule is COc1cc2nc(NCc3cn[nH]n3)nc(NC3CCN(Cc4c(OCCN(C)C)cccc4N(C)C)CC3)c2cc1OC. The van der Waals surface area contributed by atoms with E-state index in [1.165, 1.54) is 11.3 Å². The van der Waals surface area contributed by atoms with Crippen molar-refractivity contribution >= 4 is 28.4 Å². The maximum atomic E-state index is 6.26. The van der Waals surface area contributed by atoms with Gasteiger partial charge in [0.25, 0.3) is 0 Å². The summed E-state index contributed by atoms with van der Waals surface area (Å²) in [5.41, 5.74) is 3.94. The van der Waals surface area contributed by atoms with E-state index in [2.05, 4.69) is 87.1 Å². The first kappa shape index (κ1) is 31.1. The van der Waals surface area contributed by atoms with Crippen LogP contribution in [-0.2, 0) is 13.1 Å². The molecule has 0 bridgehead atoms. The standard InChI is InChI=1S/C31H44N10O3/c1-39(2)14-15-44-27-9-7-8-26(40(3)4)24(27)20-41-12-10-21(11-13-41)34-30-23-16-28(42-5)29(43-6)17-25(23)35-31(36-30)32-18-22-19-33-38-37-22/h7-9,16-17,19,21H,10-15,18,20H2,1-6H3,(H,33,37,38)(H2,32,34,35,36). The smallest absolute Gasteiger partial charge is 0.225 e. The lowest BCUT2D eigenvalue weighted by molar-refractivity contribution is 0.205. The normalized spacial score (nSPS) is 14.2. The van der Waals surface area contributed by atoms with Gasteiger partial charge < -0.3 is 34.6 Å². The van der Waals surface area contributed by atoms with Gasteiger partial charge in [0.05, 0.1) is 32.5 Å². The van der Waals surface area contributed by atoms with Crippen molar-refractivity contribution in [2.75, 3.05) is 84.2 Å². The van der Waals surface area contributed by atoms with E-state index in [4.69, 9.17) is 24.2 Å². The number of fused-ring (bicyclic) bond motifs is 1. The van der Waals surface area contributed by atoms with Crippen LogP contribution in [0, 0.1) is 0 Å². The number of nitrogens with one attached hydrogen (secondary N) is 3. The predicted molar refractivity (Wildman–Crippen MR) is 173 cm³/mol. The fraction of sp³-hybridized carbons (Fsp3) is 0.484. The van der Waals surface area contributed by atoms with E-state index in [0.29, 0.717) is 30.6 Å². The summed E-state index contributed by atoms with van der Waals surface area (Å²) in [5, 5.41) is 18.5. The number of methoxy groups -OCH3 is 2. The Morgan fingerprint density at radius 1 is 1.00 bits per heavy atom. The van der Waals surface area contributed by atoms with Crippen LogP contribution in [0.5, 0.6) is 17.2 Å². The van der Waals surface area contributed by atoms with Gasteiger partial charge in [0.2, 0.25) is 5.95 Å². The van der Waals surface area contributed by atoms with E-state index in [-0.39, 0.29) is 6.04 Å². The summed E-state index contributed by atoms with van der Waals surface area (Å²) in [4.78, 5) is 16.4. The highest BCUT2D eigenvalue weighted by Crippen LogP contribution is 2.36. The lowest BCUT2D eigenvalue weighted by Crippen LogP contribution is -2.39. The van der Waals surface area contributed by atoms with Crippen LogP contribution >= 0.6 is 0 Å². The zero-order valence-electron chi connectivity index (χ0n) is 26.6. The Labute approximate surface area is 258 Å². The highest BCUT2D eigenvalue weighted by atomic mass is 16.5. The van der Waals surface area contributed by atoms with Gasteiger partial charge in [-0.05, 0) is 45.1 Å². The monoisotopic (exact) mass is 604 g/mol. The molecule has 1 aliphatic heterocycles. The van der Waals surface area contributed by atoms with Gasteiger partial charge in [-0.1, -0.05) is 6.07 Å². The number of aromatic nitrogens is 5. The first-order valence-corrected chi connectivity index (χ1v) is 14.9. The second kappa shape index (κ2) is 14.4. The van der Waals surface area contributed by atoms with Gasteiger partial charge in [0, 0.05) is 69.0 Å². The van der Waals surface area contributed by atoms with Gasteiger partial charge in [-0.15, -0.1) is 0 Å². The number of aromatic amines is 1. The van der Waals surface area contributed by atoms with Crippen molar-refractivity contribution in [2.24, 2.45) is 0 Å². The first-order valence-electron chi connectivity index (χ1n) is 14.9. The lowest BCUT2D eigenvalue weighted by Gasteiger charge is -2.34. The van der Waals surface area contributed by atoms with E-state index in [0.717, 1.165) is 67.2 Å². The Balaban J connectivity index is 1.31. The molecule has 0 saturated carbocycles. The number of hydrogen-bond donors (Lipinski definition) is 3. The van der Waals surface area contributed by atoms with Crippen LogP contribution in [0.15, 0.2) is 36.5 Å². The van der Waals surface area contributed by atoms with Crippen LogP contribution in [0.1, 0.15) is 24.1 Å². The van der Waals surface area contributed by atoms with Crippen LogP contribution in [0.3, 0.4) is 0 Å². The molecule has 1 aliphatic rings. The molecule has 0 aliphatic carbocycles. The van der Waals surface area contributed by atoms with Gasteiger partial charge in [-0.3, -0.25) is 4.90 Å². The molecule has 0 atom stereocenters. The van der Waals surface area contributed by atoms with Crippen molar-refractivity contribution in [3.8, 4) is 17.2 Å². The highest BCUT2D eigenvalue weighted by Gasteiger charge is 2.24. The number of anilines is 3. The van der Waals surface area contributed by atoms with Crippen molar-refractivity contribution in [2.45, 2.75) is 32.0 Å².